The average Bonchev–Trinajstić information content (AvgIpc) is 3.69. The van der Waals surface area contributed by atoms with Crippen molar-refractivity contribution in [2.45, 2.75) is 88.4 Å². The van der Waals surface area contributed by atoms with Gasteiger partial charge in [-0.05, 0) is 52.9 Å². The molecule has 2 spiro atoms. The third kappa shape index (κ3) is 4.23. The summed E-state index contributed by atoms with van der Waals surface area (Å²) in [7, 11) is 1.73. The van der Waals surface area contributed by atoms with Gasteiger partial charge in [0.15, 0.2) is 0 Å². The van der Waals surface area contributed by atoms with Crippen LogP contribution in [-0.2, 0) is 23.7 Å². The van der Waals surface area contributed by atoms with Crippen molar-refractivity contribution in [3.63, 3.8) is 0 Å². The third-order valence-corrected chi connectivity index (χ3v) is 9.70. The van der Waals surface area contributed by atoms with E-state index in [0.717, 1.165) is 65.3 Å². The first-order valence-electron chi connectivity index (χ1n) is 13.5. The van der Waals surface area contributed by atoms with Crippen molar-refractivity contribution in [2.24, 2.45) is 11.3 Å². The summed E-state index contributed by atoms with van der Waals surface area (Å²) in [4.78, 5) is 17.6. The first-order chi connectivity index (χ1) is 16.8. The number of carbonyl (C=O) groups excluding carboxylic acids is 1. The third-order valence-electron chi connectivity index (χ3n) is 9.70. The Kier molecular flexibility index (Phi) is 6.00. The Bertz CT molecular complexity index is 850. The number of allylic oxidation sites excluding steroid dienone is 1. The van der Waals surface area contributed by atoms with Crippen LogP contribution >= 0.6 is 0 Å². The Morgan fingerprint density at radius 1 is 1.17 bits per heavy atom. The van der Waals surface area contributed by atoms with Crippen LogP contribution in [0.1, 0.15) is 52.9 Å². The second-order valence-electron chi connectivity index (χ2n) is 12.4. The number of methoxy groups -OCH3 is 1. The van der Waals surface area contributed by atoms with Crippen molar-refractivity contribution in [2.75, 3.05) is 53.1 Å². The number of hydrogen-bond donors (Lipinski definition) is 0. The van der Waals surface area contributed by atoms with Crippen LogP contribution in [0.15, 0.2) is 11.6 Å². The van der Waals surface area contributed by atoms with Crippen LogP contribution in [0, 0.1) is 11.3 Å². The fourth-order valence-electron chi connectivity index (χ4n) is 7.57. The van der Waals surface area contributed by atoms with Crippen molar-refractivity contribution in [3.05, 3.63) is 11.6 Å². The summed E-state index contributed by atoms with van der Waals surface area (Å²) in [6, 6.07) is 0.655. The molecule has 0 bridgehead atoms. The number of epoxide rings is 2. The van der Waals surface area contributed by atoms with Gasteiger partial charge < -0.3 is 28.6 Å². The molecule has 6 rings (SSSR count). The Labute approximate surface area is 209 Å². The molecule has 4 heterocycles. The molecule has 2 saturated carbocycles. The highest BCUT2D eigenvalue weighted by Crippen LogP contribution is 2.60. The molecular formula is C27H42N2O6. The largest absolute Gasteiger partial charge is 0.443 e. The first-order valence-corrected chi connectivity index (χ1v) is 13.5. The molecule has 0 aromatic heterocycles. The van der Waals surface area contributed by atoms with E-state index in [0.29, 0.717) is 11.5 Å². The molecule has 0 aromatic rings. The highest BCUT2D eigenvalue weighted by Gasteiger charge is 2.72. The fourth-order valence-corrected chi connectivity index (χ4v) is 7.57. The Hall–Kier alpha value is -1.19. The molecule has 4 unspecified atom stereocenters. The number of hydrogen-bond acceptors (Lipinski definition) is 7. The van der Waals surface area contributed by atoms with Crippen molar-refractivity contribution >= 4 is 6.09 Å². The summed E-state index contributed by atoms with van der Waals surface area (Å²) in [5.74, 6) is 0.0609. The standard InChI is InChI=1S/C27H42N2O6/c1-18(2)5-6-21-25(3,35-21)23-22(31-4)20(7-8-27(23)17-33-27)34-24(30)29-15-26(16-29)13-19(14-26)28-9-11-32-12-10-28/h5,19-23H,6-17H2,1-4H3/t20?,21-,22?,23?,25+,27?/m1/s1. The van der Waals surface area contributed by atoms with Crippen LogP contribution in [0.25, 0.3) is 0 Å². The van der Waals surface area contributed by atoms with Crippen molar-refractivity contribution in [1.29, 1.82) is 0 Å². The highest BCUT2D eigenvalue weighted by atomic mass is 16.6. The number of nitrogens with zero attached hydrogens (tertiary/aromatic N) is 2. The number of rotatable bonds is 6. The molecule has 8 heteroatoms. The lowest BCUT2D eigenvalue weighted by molar-refractivity contribution is -0.142. The minimum atomic E-state index is -0.310. The molecule has 1 amide bonds. The molecule has 6 atom stereocenters. The fraction of sp³-hybridized carbons (Fsp3) is 0.889. The maximum Gasteiger partial charge on any atom is 0.410 e. The van der Waals surface area contributed by atoms with E-state index < -0.39 is 0 Å². The lowest BCUT2D eigenvalue weighted by Crippen LogP contribution is -2.68. The number of carbonyl (C=O) groups is 1. The molecule has 0 radical (unpaired) electrons. The van der Waals surface area contributed by atoms with Crippen LogP contribution < -0.4 is 0 Å². The summed E-state index contributed by atoms with van der Waals surface area (Å²) in [5, 5.41) is 0. The zero-order valence-electron chi connectivity index (χ0n) is 21.8. The van der Waals surface area contributed by atoms with Gasteiger partial charge in [-0.1, -0.05) is 11.6 Å². The molecule has 35 heavy (non-hydrogen) atoms. The van der Waals surface area contributed by atoms with E-state index in [1.54, 1.807) is 7.11 Å². The molecule has 0 aromatic carbocycles. The summed E-state index contributed by atoms with van der Waals surface area (Å²) >= 11 is 0. The molecule has 4 saturated heterocycles. The van der Waals surface area contributed by atoms with Crippen LogP contribution in [-0.4, -0.2) is 105 Å². The second-order valence-corrected chi connectivity index (χ2v) is 12.4. The SMILES string of the molecule is COC1C(OC(=O)N2CC3(CC(N4CCOCC4)C3)C2)CCC2(CO2)C1[C@@]1(C)O[C@@H]1CC=C(C)C. The number of likely N-dealkylation sites (tertiary alicyclic amines) is 1. The Morgan fingerprint density at radius 2 is 1.89 bits per heavy atom. The predicted octanol–water partition coefficient (Wildman–Crippen LogP) is 3.00. The van der Waals surface area contributed by atoms with Gasteiger partial charge in [0.25, 0.3) is 0 Å². The summed E-state index contributed by atoms with van der Waals surface area (Å²) in [5.41, 5.74) is 1.10. The van der Waals surface area contributed by atoms with Crippen LogP contribution in [0.5, 0.6) is 0 Å². The summed E-state index contributed by atoms with van der Waals surface area (Å²) in [6.45, 7) is 12.6. The molecule has 196 valence electrons. The molecule has 6 fully saturated rings. The van der Waals surface area contributed by atoms with E-state index in [1.165, 1.54) is 18.4 Å². The molecule has 6 aliphatic rings. The van der Waals surface area contributed by atoms with Crippen LogP contribution in [0.3, 0.4) is 0 Å². The van der Waals surface area contributed by atoms with Crippen LogP contribution in [0.2, 0.25) is 0 Å². The predicted molar refractivity (Wildman–Crippen MR) is 129 cm³/mol. The van der Waals surface area contributed by atoms with Gasteiger partial charge in [0, 0.05) is 44.7 Å². The second kappa shape index (κ2) is 8.69. The average molecular weight is 491 g/mol. The van der Waals surface area contributed by atoms with Gasteiger partial charge in [0.05, 0.1) is 31.8 Å². The molecule has 0 N–H and O–H groups in total. The van der Waals surface area contributed by atoms with E-state index in [4.69, 9.17) is 23.7 Å². The smallest absolute Gasteiger partial charge is 0.410 e. The highest BCUT2D eigenvalue weighted by molar-refractivity contribution is 5.69. The topological polar surface area (TPSA) is 76.3 Å². The first kappa shape index (κ1) is 24.2. The van der Waals surface area contributed by atoms with Gasteiger partial charge in [-0.25, -0.2) is 4.79 Å². The normalized spacial score (nSPS) is 42.3. The van der Waals surface area contributed by atoms with E-state index in [1.807, 2.05) is 4.90 Å². The van der Waals surface area contributed by atoms with Gasteiger partial charge in [0.1, 0.15) is 23.4 Å². The van der Waals surface area contributed by atoms with Gasteiger partial charge in [-0.2, -0.15) is 0 Å². The van der Waals surface area contributed by atoms with E-state index in [-0.39, 0.29) is 41.5 Å². The summed E-state index contributed by atoms with van der Waals surface area (Å²) in [6.07, 6.45) is 6.64. The number of morpholine rings is 1. The quantitative estimate of drug-likeness (QED) is 0.418. The molecular weight excluding hydrogens is 448 g/mol. The molecule has 4 aliphatic heterocycles. The molecule has 2 aliphatic carbocycles. The zero-order chi connectivity index (χ0) is 24.4. The lowest BCUT2D eigenvalue weighted by atomic mass is 9.60. The van der Waals surface area contributed by atoms with Gasteiger partial charge in [-0.15, -0.1) is 0 Å². The zero-order valence-corrected chi connectivity index (χ0v) is 21.8. The minimum Gasteiger partial charge on any atom is -0.443 e. The van der Waals surface area contributed by atoms with E-state index >= 15 is 0 Å². The van der Waals surface area contributed by atoms with Gasteiger partial charge in [-0.3, -0.25) is 4.90 Å². The van der Waals surface area contributed by atoms with E-state index in [2.05, 4.69) is 31.7 Å². The maximum atomic E-state index is 13.1. The Balaban J connectivity index is 1.05. The number of amides is 1. The molecule has 8 nitrogen and oxygen atoms in total. The maximum absolute atomic E-state index is 13.1. The lowest BCUT2D eigenvalue weighted by Gasteiger charge is -2.61. The van der Waals surface area contributed by atoms with E-state index in [9.17, 15) is 4.79 Å². The summed E-state index contributed by atoms with van der Waals surface area (Å²) < 4.78 is 29.9. The minimum absolute atomic E-state index is 0.0609. The van der Waals surface area contributed by atoms with Crippen molar-refractivity contribution in [3.8, 4) is 0 Å². The monoisotopic (exact) mass is 490 g/mol. The van der Waals surface area contributed by atoms with Gasteiger partial charge in [0.2, 0.25) is 0 Å². The van der Waals surface area contributed by atoms with Crippen LogP contribution in [0.4, 0.5) is 4.79 Å². The van der Waals surface area contributed by atoms with Crippen molar-refractivity contribution < 1.29 is 28.5 Å². The van der Waals surface area contributed by atoms with Gasteiger partial charge >= 0.3 is 6.09 Å². The number of ether oxygens (including phenoxy) is 5. The van der Waals surface area contributed by atoms with Crippen molar-refractivity contribution in [1.82, 2.24) is 9.80 Å². The Morgan fingerprint density at radius 3 is 2.51 bits per heavy atom.